The van der Waals surface area contributed by atoms with Gasteiger partial charge in [-0.1, -0.05) is 6.07 Å². The van der Waals surface area contributed by atoms with E-state index in [4.69, 9.17) is 4.74 Å². The Hall–Kier alpha value is -3.31. The second kappa shape index (κ2) is 8.23. The van der Waals surface area contributed by atoms with E-state index in [1.165, 1.54) is 16.8 Å². The molecule has 9 nitrogen and oxygen atoms in total. The number of halogens is 2. The summed E-state index contributed by atoms with van der Waals surface area (Å²) < 4.78 is 33.6. The molecule has 0 aliphatic carbocycles. The predicted molar refractivity (Wildman–Crippen MR) is 110 cm³/mol. The van der Waals surface area contributed by atoms with Gasteiger partial charge in [0.05, 0.1) is 6.54 Å². The van der Waals surface area contributed by atoms with Crippen molar-refractivity contribution < 1.29 is 28.2 Å². The number of amides is 2. The van der Waals surface area contributed by atoms with E-state index < -0.39 is 35.5 Å². The van der Waals surface area contributed by atoms with Crippen molar-refractivity contribution in [2.45, 2.75) is 38.1 Å². The average Bonchev–Trinajstić information content (AvgIpc) is 3.37. The lowest BCUT2D eigenvalue weighted by molar-refractivity contribution is 0.0489. The number of hydrogen-bond acceptors (Lipinski definition) is 6. The van der Waals surface area contributed by atoms with Gasteiger partial charge in [-0.25, -0.2) is 8.78 Å². The maximum Gasteiger partial charge on any atom is 0.275 e. The number of aromatic nitrogens is 1. The lowest BCUT2D eigenvalue weighted by Crippen LogP contribution is -2.50. The smallest absolute Gasteiger partial charge is 0.275 e. The Morgan fingerprint density at radius 3 is 2.82 bits per heavy atom. The number of nitrogens with one attached hydrogen (secondary N) is 1. The van der Waals surface area contributed by atoms with Crippen LogP contribution in [0.2, 0.25) is 0 Å². The fourth-order valence-electron chi connectivity index (χ4n) is 5.01. The van der Waals surface area contributed by atoms with Crippen LogP contribution in [-0.4, -0.2) is 63.4 Å². The SMILES string of the molecule is O=C(NCc1ccc(F)cc1F)c1cn2c(c(OCO)c1=O)C(=O)N1CC3CCCN3C1C2. The number of benzene rings is 1. The minimum Gasteiger partial charge on any atom is -0.461 e. The Labute approximate surface area is 187 Å². The number of rotatable bonds is 5. The molecule has 2 unspecified atom stereocenters. The molecule has 2 aromatic rings. The van der Waals surface area contributed by atoms with Gasteiger partial charge >= 0.3 is 0 Å². The average molecular weight is 460 g/mol. The zero-order valence-electron chi connectivity index (χ0n) is 17.6. The van der Waals surface area contributed by atoms with E-state index in [0.717, 1.165) is 25.5 Å². The highest BCUT2D eigenvalue weighted by Gasteiger charge is 2.48. The number of fused-ring (bicyclic) bond motifs is 4. The topological polar surface area (TPSA) is 104 Å². The standard InChI is InChI=1S/C22H22F2N4O5/c23-13-4-3-12(16(24)6-13)7-25-21(31)15-9-26-10-17-27-5-1-2-14(27)8-28(17)22(32)18(26)20(19(15)30)33-11-29/h3-4,6,9,14,17,29H,1-2,5,7-8,10-11H2,(H,25,31). The Bertz CT molecular complexity index is 1200. The zero-order valence-corrected chi connectivity index (χ0v) is 17.6. The van der Waals surface area contributed by atoms with E-state index in [9.17, 15) is 28.3 Å². The fourth-order valence-corrected chi connectivity index (χ4v) is 5.01. The summed E-state index contributed by atoms with van der Waals surface area (Å²) in [7, 11) is 0. The van der Waals surface area contributed by atoms with Gasteiger partial charge in [0.1, 0.15) is 23.4 Å². The van der Waals surface area contributed by atoms with Gasteiger partial charge in [-0.15, -0.1) is 0 Å². The van der Waals surface area contributed by atoms with Crippen LogP contribution in [0.3, 0.4) is 0 Å². The normalized spacial score (nSPS) is 21.5. The van der Waals surface area contributed by atoms with Crippen LogP contribution in [-0.2, 0) is 13.1 Å². The molecule has 1 aromatic heterocycles. The molecule has 1 aromatic carbocycles. The van der Waals surface area contributed by atoms with Crippen LogP contribution in [0.15, 0.2) is 29.2 Å². The number of aliphatic hydroxyl groups excluding tert-OH is 1. The summed E-state index contributed by atoms with van der Waals surface area (Å²) in [6.45, 7) is 0.645. The van der Waals surface area contributed by atoms with Gasteiger partial charge < -0.3 is 24.6 Å². The van der Waals surface area contributed by atoms with Gasteiger partial charge in [0, 0.05) is 43.5 Å². The number of carbonyl (C=O) groups is 2. The van der Waals surface area contributed by atoms with Crippen LogP contribution in [0.1, 0.15) is 39.3 Å². The molecule has 2 N–H and O–H groups in total. The van der Waals surface area contributed by atoms with Crippen LogP contribution in [0.25, 0.3) is 0 Å². The third kappa shape index (κ3) is 3.57. The second-order valence-corrected chi connectivity index (χ2v) is 8.37. The minimum absolute atomic E-state index is 0.00685. The lowest BCUT2D eigenvalue weighted by atomic mass is 10.1. The van der Waals surface area contributed by atoms with E-state index >= 15 is 0 Å². The number of nitrogens with zero attached hydrogens (tertiary/aromatic N) is 3. The molecule has 0 radical (unpaired) electrons. The summed E-state index contributed by atoms with van der Waals surface area (Å²) in [6, 6.07) is 3.23. The van der Waals surface area contributed by atoms with E-state index in [1.54, 1.807) is 4.90 Å². The van der Waals surface area contributed by atoms with E-state index in [1.807, 2.05) is 0 Å². The quantitative estimate of drug-likeness (QED) is 0.635. The lowest BCUT2D eigenvalue weighted by Gasteiger charge is -2.36. The Kier molecular flexibility index (Phi) is 5.37. The predicted octanol–water partition coefficient (Wildman–Crippen LogP) is 0.645. The molecule has 0 saturated carbocycles. The van der Waals surface area contributed by atoms with Gasteiger partial charge in [-0.2, -0.15) is 0 Å². The molecular formula is C22H22F2N4O5. The Morgan fingerprint density at radius 2 is 2.06 bits per heavy atom. The monoisotopic (exact) mass is 460 g/mol. The third-order valence-corrected chi connectivity index (χ3v) is 6.54. The summed E-state index contributed by atoms with van der Waals surface area (Å²) in [5, 5.41) is 11.8. The largest absolute Gasteiger partial charge is 0.461 e. The van der Waals surface area contributed by atoms with Crippen LogP contribution >= 0.6 is 0 Å². The molecular weight excluding hydrogens is 438 g/mol. The molecule has 3 aliphatic heterocycles. The summed E-state index contributed by atoms with van der Waals surface area (Å²) >= 11 is 0. The fraction of sp³-hybridized carbons (Fsp3) is 0.409. The number of pyridine rings is 1. The first-order valence-corrected chi connectivity index (χ1v) is 10.7. The summed E-state index contributed by atoms with van der Waals surface area (Å²) in [6.07, 6.45) is 3.15. The Morgan fingerprint density at radius 1 is 1.24 bits per heavy atom. The molecule has 4 heterocycles. The van der Waals surface area contributed by atoms with Crippen molar-refractivity contribution in [3.63, 3.8) is 0 Å². The van der Waals surface area contributed by atoms with E-state index in [-0.39, 0.29) is 41.5 Å². The highest BCUT2D eigenvalue weighted by Crippen LogP contribution is 2.35. The first-order chi connectivity index (χ1) is 15.9. The Balaban J connectivity index is 1.47. The molecule has 33 heavy (non-hydrogen) atoms. The van der Waals surface area contributed by atoms with Crippen LogP contribution < -0.4 is 15.5 Å². The van der Waals surface area contributed by atoms with E-state index in [2.05, 4.69) is 10.2 Å². The highest BCUT2D eigenvalue weighted by molar-refractivity contribution is 5.99. The second-order valence-electron chi connectivity index (χ2n) is 8.37. The van der Waals surface area contributed by atoms with Crippen molar-refractivity contribution >= 4 is 11.8 Å². The minimum atomic E-state index is -0.848. The molecule has 3 aliphatic rings. The van der Waals surface area contributed by atoms with Gasteiger partial charge in [-0.05, 0) is 18.9 Å². The summed E-state index contributed by atoms with van der Waals surface area (Å²) in [5.74, 6) is -3.15. The first kappa shape index (κ1) is 21.5. The van der Waals surface area contributed by atoms with Crippen LogP contribution in [0.5, 0.6) is 5.75 Å². The molecule has 5 rings (SSSR count). The molecule has 0 bridgehead atoms. The van der Waals surface area contributed by atoms with Gasteiger partial charge in [0.15, 0.2) is 18.2 Å². The van der Waals surface area contributed by atoms with Crippen molar-refractivity contribution in [1.29, 1.82) is 0 Å². The number of aliphatic hydroxyl groups is 1. The van der Waals surface area contributed by atoms with Gasteiger partial charge in [0.2, 0.25) is 5.43 Å². The number of ether oxygens (including phenoxy) is 1. The summed E-state index contributed by atoms with van der Waals surface area (Å²) in [4.78, 5) is 43.0. The zero-order chi connectivity index (χ0) is 23.3. The third-order valence-electron chi connectivity index (χ3n) is 6.54. The first-order valence-electron chi connectivity index (χ1n) is 10.7. The molecule has 2 amide bonds. The summed E-state index contributed by atoms with van der Waals surface area (Å²) in [5.41, 5.74) is -1.11. The van der Waals surface area contributed by atoms with Crippen LogP contribution in [0, 0.1) is 11.6 Å². The highest BCUT2D eigenvalue weighted by atomic mass is 19.1. The van der Waals surface area contributed by atoms with Crippen LogP contribution in [0.4, 0.5) is 8.78 Å². The van der Waals surface area contributed by atoms with E-state index in [0.29, 0.717) is 19.2 Å². The molecule has 2 saturated heterocycles. The van der Waals surface area contributed by atoms with Gasteiger partial charge in [0.25, 0.3) is 11.8 Å². The number of carbonyl (C=O) groups excluding carboxylic acids is 2. The molecule has 2 fully saturated rings. The number of hydrogen-bond donors (Lipinski definition) is 2. The molecule has 174 valence electrons. The maximum atomic E-state index is 13.9. The van der Waals surface area contributed by atoms with Crippen molar-refractivity contribution in [2.24, 2.45) is 0 Å². The van der Waals surface area contributed by atoms with Crippen molar-refractivity contribution in [2.75, 3.05) is 19.9 Å². The van der Waals surface area contributed by atoms with Gasteiger partial charge in [-0.3, -0.25) is 19.3 Å². The molecule has 11 heteroatoms. The molecule has 0 spiro atoms. The van der Waals surface area contributed by atoms with Crippen molar-refractivity contribution in [1.82, 2.24) is 19.7 Å². The maximum absolute atomic E-state index is 13.9. The van der Waals surface area contributed by atoms with Crippen molar-refractivity contribution in [3.05, 3.63) is 63.1 Å². The van der Waals surface area contributed by atoms with Crippen molar-refractivity contribution in [3.8, 4) is 5.75 Å². The molecule has 2 atom stereocenters.